The lowest BCUT2D eigenvalue weighted by molar-refractivity contribution is -0.147. The van der Waals surface area contributed by atoms with Crippen LogP contribution in [0.15, 0.2) is 42.5 Å². The summed E-state index contributed by atoms with van der Waals surface area (Å²) in [6.07, 6.45) is 6.04. The van der Waals surface area contributed by atoms with Crippen molar-refractivity contribution in [3.63, 3.8) is 0 Å². The lowest BCUT2D eigenvalue weighted by atomic mass is 9.85. The van der Waals surface area contributed by atoms with Crippen LogP contribution in [0.3, 0.4) is 0 Å². The number of likely N-dealkylation sites (tertiary alicyclic amines) is 1. The summed E-state index contributed by atoms with van der Waals surface area (Å²) in [4.78, 5) is 40.4. The first-order valence-electron chi connectivity index (χ1n) is 10.6. The zero-order chi connectivity index (χ0) is 22.0. The summed E-state index contributed by atoms with van der Waals surface area (Å²) >= 11 is 1.30. The Morgan fingerprint density at radius 3 is 2.35 bits per heavy atom. The van der Waals surface area contributed by atoms with E-state index in [-0.39, 0.29) is 35.5 Å². The van der Waals surface area contributed by atoms with Gasteiger partial charge in [-0.3, -0.25) is 24.6 Å². The molecule has 162 valence electrons. The van der Waals surface area contributed by atoms with Gasteiger partial charge in [-0.1, -0.05) is 67.7 Å². The summed E-state index contributed by atoms with van der Waals surface area (Å²) in [7, 11) is 0. The Morgan fingerprint density at radius 2 is 1.74 bits per heavy atom. The molecule has 0 spiro atoms. The van der Waals surface area contributed by atoms with Gasteiger partial charge >= 0.3 is 0 Å². The average molecular weight is 439 g/mol. The van der Waals surface area contributed by atoms with Crippen molar-refractivity contribution in [2.24, 2.45) is 17.8 Å². The first-order valence-corrected chi connectivity index (χ1v) is 11.4. The molecule has 2 aliphatic rings. The number of aromatic nitrogens is 2. The van der Waals surface area contributed by atoms with Gasteiger partial charge in [0.25, 0.3) is 0 Å². The molecule has 4 rings (SSSR count). The highest BCUT2D eigenvalue weighted by Crippen LogP contribution is 2.37. The Morgan fingerprint density at radius 1 is 1.10 bits per heavy atom. The van der Waals surface area contributed by atoms with E-state index in [1.54, 1.807) is 0 Å². The maximum Gasteiger partial charge on any atom is 0.249 e. The van der Waals surface area contributed by atoms with Gasteiger partial charge in [0.15, 0.2) is 0 Å². The van der Waals surface area contributed by atoms with Crippen molar-refractivity contribution in [3.05, 3.63) is 53.1 Å². The lowest BCUT2D eigenvalue weighted by Gasteiger charge is -2.26. The number of hydrogen-bond acceptors (Lipinski definition) is 6. The van der Waals surface area contributed by atoms with Crippen molar-refractivity contribution in [1.29, 1.82) is 0 Å². The molecule has 1 aliphatic carbocycles. The number of rotatable bonds is 7. The van der Waals surface area contributed by atoms with Crippen molar-refractivity contribution in [1.82, 2.24) is 15.1 Å². The third-order valence-electron chi connectivity index (χ3n) is 5.75. The molecule has 7 nitrogen and oxygen atoms in total. The first-order chi connectivity index (χ1) is 14.9. The molecule has 31 heavy (non-hydrogen) atoms. The fourth-order valence-corrected chi connectivity index (χ4v) is 5.02. The van der Waals surface area contributed by atoms with Gasteiger partial charge in [0.2, 0.25) is 22.9 Å². The molecule has 0 saturated carbocycles. The molecule has 1 fully saturated rings. The summed E-state index contributed by atoms with van der Waals surface area (Å²) in [5.74, 6) is -1.41. The highest BCUT2D eigenvalue weighted by atomic mass is 32.1. The van der Waals surface area contributed by atoms with Crippen LogP contribution in [-0.2, 0) is 20.8 Å². The van der Waals surface area contributed by atoms with E-state index >= 15 is 0 Å². The monoisotopic (exact) mass is 438 g/mol. The number of fused-ring (bicyclic) bond motifs is 1. The summed E-state index contributed by atoms with van der Waals surface area (Å²) in [5.41, 5.74) is 1.11. The number of nitrogens with zero attached hydrogens (tertiary/aromatic N) is 3. The van der Waals surface area contributed by atoms with Crippen LogP contribution in [-0.4, -0.2) is 38.9 Å². The van der Waals surface area contributed by atoms with E-state index in [0.717, 1.165) is 10.6 Å². The molecule has 3 unspecified atom stereocenters. The van der Waals surface area contributed by atoms with E-state index in [1.807, 2.05) is 56.3 Å². The minimum absolute atomic E-state index is 0.139. The lowest BCUT2D eigenvalue weighted by Crippen LogP contribution is -2.48. The van der Waals surface area contributed by atoms with Gasteiger partial charge in [-0.05, 0) is 30.7 Å². The number of amides is 3. The number of imide groups is 1. The van der Waals surface area contributed by atoms with Crippen LogP contribution >= 0.6 is 11.3 Å². The number of carbonyl (C=O) groups is 3. The fraction of sp³-hybridized carbons (Fsp3) is 0.435. The van der Waals surface area contributed by atoms with E-state index in [2.05, 4.69) is 15.5 Å². The average Bonchev–Trinajstić information content (AvgIpc) is 3.29. The number of hydrogen-bond donors (Lipinski definition) is 1. The molecule has 1 aromatic carbocycles. The Labute approximate surface area is 185 Å². The quantitative estimate of drug-likeness (QED) is 0.528. The van der Waals surface area contributed by atoms with Crippen LogP contribution in [0.4, 0.5) is 5.13 Å². The minimum atomic E-state index is -0.841. The van der Waals surface area contributed by atoms with Crippen molar-refractivity contribution >= 4 is 34.2 Å². The van der Waals surface area contributed by atoms with E-state index in [1.165, 1.54) is 16.2 Å². The third kappa shape index (κ3) is 4.58. The van der Waals surface area contributed by atoms with Gasteiger partial charge in [0, 0.05) is 6.42 Å². The number of nitrogens with one attached hydrogen (secondary N) is 1. The van der Waals surface area contributed by atoms with Crippen molar-refractivity contribution < 1.29 is 14.4 Å². The van der Waals surface area contributed by atoms with E-state index in [9.17, 15) is 14.4 Å². The fourth-order valence-electron chi connectivity index (χ4n) is 4.24. The predicted octanol–water partition coefficient (Wildman–Crippen LogP) is 3.43. The smallest absolute Gasteiger partial charge is 0.249 e. The van der Waals surface area contributed by atoms with E-state index in [4.69, 9.17) is 0 Å². The Balaban J connectivity index is 1.49. The molecule has 2 aromatic rings. The van der Waals surface area contributed by atoms with Crippen LogP contribution in [0, 0.1) is 17.8 Å². The molecule has 2 heterocycles. The van der Waals surface area contributed by atoms with Crippen molar-refractivity contribution in [2.75, 3.05) is 5.32 Å². The number of carbonyl (C=O) groups excluding carboxylic acids is 3. The van der Waals surface area contributed by atoms with E-state index in [0.29, 0.717) is 30.8 Å². The molecule has 8 heteroatoms. The van der Waals surface area contributed by atoms with Crippen LogP contribution in [0.5, 0.6) is 0 Å². The second kappa shape index (κ2) is 9.09. The number of anilines is 1. The standard InChI is InChI=1S/C23H26N4O3S/c1-14(2)12-18(27-21(29)16-10-6-7-11-17(16)22(27)30)20(28)24-23-26-25-19(31-23)13-15-8-4-3-5-9-15/h3-9,14,16-18H,10-13H2,1-2H3,(H,24,26,28). The Kier molecular flexibility index (Phi) is 6.27. The number of allylic oxidation sites excluding steroid dienone is 2. The topological polar surface area (TPSA) is 92.3 Å². The molecule has 3 atom stereocenters. The van der Waals surface area contributed by atoms with Gasteiger partial charge < -0.3 is 0 Å². The van der Waals surface area contributed by atoms with Gasteiger partial charge in [0.1, 0.15) is 11.0 Å². The maximum absolute atomic E-state index is 13.2. The molecular weight excluding hydrogens is 412 g/mol. The zero-order valence-electron chi connectivity index (χ0n) is 17.7. The first kappa shape index (κ1) is 21.4. The second-order valence-corrected chi connectivity index (χ2v) is 9.56. The van der Waals surface area contributed by atoms with Crippen LogP contribution < -0.4 is 5.32 Å². The molecule has 1 aliphatic heterocycles. The van der Waals surface area contributed by atoms with Gasteiger partial charge in [-0.25, -0.2) is 0 Å². The minimum Gasteiger partial charge on any atom is -0.299 e. The highest BCUT2D eigenvalue weighted by Gasteiger charge is 2.51. The predicted molar refractivity (Wildman–Crippen MR) is 118 cm³/mol. The van der Waals surface area contributed by atoms with E-state index < -0.39 is 6.04 Å². The Bertz CT molecular complexity index is 975. The maximum atomic E-state index is 13.2. The summed E-state index contributed by atoms with van der Waals surface area (Å²) in [6.45, 7) is 3.95. The van der Waals surface area contributed by atoms with Gasteiger partial charge in [-0.15, -0.1) is 10.2 Å². The van der Waals surface area contributed by atoms with Crippen molar-refractivity contribution in [3.8, 4) is 0 Å². The third-order valence-corrected chi connectivity index (χ3v) is 6.58. The number of benzene rings is 1. The second-order valence-electron chi connectivity index (χ2n) is 8.50. The SMILES string of the molecule is CC(C)CC(C(=O)Nc1nnc(Cc2ccccc2)s1)N1C(=O)C2CC=CCC2C1=O. The van der Waals surface area contributed by atoms with Gasteiger partial charge in [0.05, 0.1) is 11.8 Å². The molecular formula is C23H26N4O3S. The van der Waals surface area contributed by atoms with Crippen LogP contribution in [0.2, 0.25) is 0 Å². The molecule has 0 bridgehead atoms. The molecule has 3 amide bonds. The largest absolute Gasteiger partial charge is 0.299 e. The van der Waals surface area contributed by atoms with Gasteiger partial charge in [-0.2, -0.15) is 0 Å². The molecule has 1 aromatic heterocycles. The van der Waals surface area contributed by atoms with Crippen LogP contribution in [0.1, 0.15) is 43.7 Å². The molecule has 1 saturated heterocycles. The normalized spacial score (nSPS) is 21.5. The summed E-state index contributed by atoms with van der Waals surface area (Å²) < 4.78 is 0. The summed E-state index contributed by atoms with van der Waals surface area (Å²) in [6, 6.07) is 9.07. The summed E-state index contributed by atoms with van der Waals surface area (Å²) in [5, 5.41) is 12.2. The molecule has 1 N–H and O–H groups in total. The Hall–Kier alpha value is -2.87. The zero-order valence-corrected chi connectivity index (χ0v) is 18.5. The van der Waals surface area contributed by atoms with Crippen molar-refractivity contribution in [2.45, 2.75) is 45.6 Å². The van der Waals surface area contributed by atoms with Crippen LogP contribution in [0.25, 0.3) is 0 Å². The molecule has 0 radical (unpaired) electrons. The highest BCUT2D eigenvalue weighted by molar-refractivity contribution is 7.15.